The number of para-hydroxylation sites is 2. The van der Waals surface area contributed by atoms with Crippen LogP contribution in [0.5, 0.6) is 0 Å². The summed E-state index contributed by atoms with van der Waals surface area (Å²) in [7, 11) is 2.18. The molecule has 0 unspecified atom stereocenters. The molecule has 1 aliphatic rings. The SMILES string of the molecule is Cc1cc2c(cc1/C=C(/C#N)c1nc3ccccc3[nH]1)[C@H](C)CC(C)(C)N2C. The van der Waals surface area contributed by atoms with Crippen LogP contribution in [0.25, 0.3) is 22.7 Å². The summed E-state index contributed by atoms with van der Waals surface area (Å²) in [6.45, 7) is 9.00. The zero-order valence-electron chi connectivity index (χ0n) is 17.2. The predicted octanol–water partition coefficient (Wildman–Crippen LogP) is 5.66. The standard InChI is InChI=1S/C24H26N4/c1-15-10-22-19(16(2)13-24(3,4)28(22)5)12-17(15)11-18(14-25)23-26-20-8-6-7-9-21(20)27-23/h6-12,16H,13H2,1-5H3,(H,26,27)/b18-11-/t16-/m1/s1. The smallest absolute Gasteiger partial charge is 0.149 e. The summed E-state index contributed by atoms with van der Waals surface area (Å²) in [4.78, 5) is 10.2. The molecular weight excluding hydrogens is 344 g/mol. The molecule has 28 heavy (non-hydrogen) atoms. The van der Waals surface area contributed by atoms with Gasteiger partial charge >= 0.3 is 0 Å². The molecule has 0 aliphatic carbocycles. The fourth-order valence-corrected chi connectivity index (χ4v) is 4.28. The number of aromatic nitrogens is 2. The van der Waals surface area contributed by atoms with E-state index in [1.807, 2.05) is 30.3 Å². The van der Waals surface area contributed by atoms with Gasteiger partial charge in [-0.05, 0) is 80.1 Å². The van der Waals surface area contributed by atoms with Crippen LogP contribution in [-0.2, 0) is 0 Å². The maximum Gasteiger partial charge on any atom is 0.149 e. The van der Waals surface area contributed by atoms with E-state index in [2.05, 4.69) is 67.8 Å². The minimum Gasteiger partial charge on any atom is -0.369 e. The van der Waals surface area contributed by atoms with Gasteiger partial charge < -0.3 is 9.88 Å². The highest BCUT2D eigenvalue weighted by atomic mass is 15.2. The minimum atomic E-state index is 0.141. The Hall–Kier alpha value is -3.06. The second-order valence-corrected chi connectivity index (χ2v) is 8.52. The van der Waals surface area contributed by atoms with Gasteiger partial charge in [0.05, 0.1) is 16.6 Å². The van der Waals surface area contributed by atoms with Crippen molar-refractivity contribution in [3.63, 3.8) is 0 Å². The molecule has 1 aromatic heterocycles. The Morgan fingerprint density at radius 2 is 2.07 bits per heavy atom. The van der Waals surface area contributed by atoms with Crippen molar-refractivity contribution in [1.29, 1.82) is 5.26 Å². The molecule has 0 spiro atoms. The van der Waals surface area contributed by atoms with Crippen LogP contribution in [0.15, 0.2) is 36.4 Å². The van der Waals surface area contributed by atoms with Crippen molar-refractivity contribution in [3.05, 3.63) is 58.9 Å². The van der Waals surface area contributed by atoms with Gasteiger partial charge in [-0.25, -0.2) is 4.98 Å². The van der Waals surface area contributed by atoms with E-state index in [0.717, 1.165) is 23.0 Å². The van der Waals surface area contributed by atoms with Crippen LogP contribution in [0.3, 0.4) is 0 Å². The zero-order valence-corrected chi connectivity index (χ0v) is 17.2. The fraction of sp³-hybridized carbons (Fsp3) is 0.333. The van der Waals surface area contributed by atoms with Crippen molar-refractivity contribution < 1.29 is 0 Å². The molecule has 0 saturated heterocycles. The van der Waals surface area contributed by atoms with E-state index in [-0.39, 0.29) is 5.54 Å². The Bertz CT molecular complexity index is 1090. The van der Waals surface area contributed by atoms with Crippen molar-refractivity contribution in [2.45, 2.75) is 45.6 Å². The lowest BCUT2D eigenvalue weighted by Gasteiger charge is -2.45. The number of nitriles is 1. The normalized spacial score (nSPS) is 18.8. The first-order valence-corrected chi connectivity index (χ1v) is 9.75. The third kappa shape index (κ3) is 2.97. The van der Waals surface area contributed by atoms with Gasteiger partial charge in [0, 0.05) is 18.3 Å². The number of anilines is 1. The summed E-state index contributed by atoms with van der Waals surface area (Å²) in [5.41, 5.74) is 7.40. The van der Waals surface area contributed by atoms with Gasteiger partial charge in [0.15, 0.2) is 0 Å². The van der Waals surface area contributed by atoms with Crippen molar-refractivity contribution in [3.8, 4) is 6.07 Å². The number of H-pyrrole nitrogens is 1. The van der Waals surface area contributed by atoms with Crippen molar-refractivity contribution in [2.24, 2.45) is 0 Å². The molecule has 2 aromatic carbocycles. The summed E-state index contributed by atoms with van der Waals surface area (Å²) in [5, 5.41) is 9.77. The number of hydrogen-bond donors (Lipinski definition) is 1. The van der Waals surface area contributed by atoms with Gasteiger partial charge in [-0.3, -0.25) is 0 Å². The summed E-state index contributed by atoms with van der Waals surface area (Å²) < 4.78 is 0. The second-order valence-electron chi connectivity index (χ2n) is 8.52. The molecule has 3 aromatic rings. The zero-order chi connectivity index (χ0) is 20.1. The Kier molecular flexibility index (Phi) is 4.27. The Balaban J connectivity index is 1.81. The number of imidazole rings is 1. The first-order valence-electron chi connectivity index (χ1n) is 9.75. The number of benzene rings is 2. The van der Waals surface area contributed by atoms with E-state index in [9.17, 15) is 5.26 Å². The van der Waals surface area contributed by atoms with Crippen LogP contribution in [0.2, 0.25) is 0 Å². The number of nitrogens with zero attached hydrogens (tertiary/aromatic N) is 3. The Labute approximate surface area is 166 Å². The maximum absolute atomic E-state index is 9.77. The molecule has 0 saturated carbocycles. The van der Waals surface area contributed by atoms with E-state index >= 15 is 0 Å². The molecule has 1 N–H and O–H groups in total. The van der Waals surface area contributed by atoms with Gasteiger partial charge in [0.1, 0.15) is 11.9 Å². The third-order valence-electron chi connectivity index (χ3n) is 6.09. The fourth-order valence-electron chi connectivity index (χ4n) is 4.28. The highest BCUT2D eigenvalue weighted by Gasteiger charge is 2.34. The third-order valence-corrected chi connectivity index (χ3v) is 6.09. The monoisotopic (exact) mass is 370 g/mol. The first kappa shape index (κ1) is 18.3. The number of rotatable bonds is 2. The van der Waals surface area contributed by atoms with Crippen molar-refractivity contribution in [1.82, 2.24) is 9.97 Å². The lowest BCUT2D eigenvalue weighted by molar-refractivity contribution is 0.395. The maximum atomic E-state index is 9.77. The highest BCUT2D eigenvalue weighted by molar-refractivity contribution is 5.91. The number of fused-ring (bicyclic) bond motifs is 2. The van der Waals surface area contributed by atoms with E-state index in [1.54, 1.807) is 0 Å². The van der Waals surface area contributed by atoms with Crippen LogP contribution in [0, 0.1) is 18.3 Å². The number of aromatic amines is 1. The van der Waals surface area contributed by atoms with Gasteiger partial charge in [0.25, 0.3) is 0 Å². The molecule has 1 atom stereocenters. The molecule has 0 fully saturated rings. The van der Waals surface area contributed by atoms with E-state index in [4.69, 9.17) is 0 Å². The first-order chi connectivity index (χ1) is 13.3. The van der Waals surface area contributed by atoms with Gasteiger partial charge in [-0.1, -0.05) is 19.1 Å². The molecule has 2 heterocycles. The largest absolute Gasteiger partial charge is 0.369 e. The topological polar surface area (TPSA) is 55.7 Å². The van der Waals surface area contributed by atoms with E-state index in [0.29, 0.717) is 17.3 Å². The van der Waals surface area contributed by atoms with Gasteiger partial charge in [0.2, 0.25) is 0 Å². The van der Waals surface area contributed by atoms with Gasteiger partial charge in [-0.15, -0.1) is 0 Å². The molecular formula is C24H26N4. The number of hydrogen-bond acceptors (Lipinski definition) is 3. The number of allylic oxidation sites excluding steroid dienone is 1. The molecule has 4 heteroatoms. The quantitative estimate of drug-likeness (QED) is 0.592. The van der Waals surface area contributed by atoms with E-state index in [1.165, 1.54) is 16.8 Å². The molecule has 1 aliphatic heterocycles. The van der Waals surface area contributed by atoms with Crippen LogP contribution in [0.1, 0.15) is 55.6 Å². The molecule has 0 radical (unpaired) electrons. The molecule has 4 nitrogen and oxygen atoms in total. The molecule has 0 bridgehead atoms. The summed E-state index contributed by atoms with van der Waals surface area (Å²) in [6, 6.07) is 14.7. The summed E-state index contributed by atoms with van der Waals surface area (Å²) in [6.07, 6.45) is 3.07. The van der Waals surface area contributed by atoms with Crippen molar-refractivity contribution >= 4 is 28.4 Å². The Morgan fingerprint density at radius 3 is 2.79 bits per heavy atom. The minimum absolute atomic E-state index is 0.141. The van der Waals surface area contributed by atoms with Gasteiger partial charge in [-0.2, -0.15) is 5.26 Å². The Morgan fingerprint density at radius 1 is 1.32 bits per heavy atom. The van der Waals surface area contributed by atoms with Crippen LogP contribution >= 0.6 is 0 Å². The highest BCUT2D eigenvalue weighted by Crippen LogP contribution is 2.43. The molecule has 142 valence electrons. The van der Waals surface area contributed by atoms with Crippen LogP contribution in [0.4, 0.5) is 5.69 Å². The van der Waals surface area contributed by atoms with Crippen LogP contribution < -0.4 is 4.90 Å². The predicted molar refractivity (Wildman–Crippen MR) is 116 cm³/mol. The average molecular weight is 371 g/mol. The van der Waals surface area contributed by atoms with E-state index < -0.39 is 0 Å². The molecule has 4 rings (SSSR count). The number of nitrogens with one attached hydrogen (secondary N) is 1. The average Bonchev–Trinajstić information content (AvgIpc) is 3.08. The summed E-state index contributed by atoms with van der Waals surface area (Å²) in [5.74, 6) is 1.10. The van der Waals surface area contributed by atoms with Crippen LogP contribution in [-0.4, -0.2) is 22.6 Å². The molecule has 0 amide bonds. The second kappa shape index (κ2) is 6.53. The lowest BCUT2D eigenvalue weighted by atomic mass is 9.79. The number of aryl methyl sites for hydroxylation is 1. The van der Waals surface area contributed by atoms with Crippen molar-refractivity contribution in [2.75, 3.05) is 11.9 Å². The lowest BCUT2D eigenvalue weighted by Crippen LogP contribution is -2.45. The summed E-state index contributed by atoms with van der Waals surface area (Å²) >= 11 is 0.